The van der Waals surface area contributed by atoms with E-state index in [1.165, 1.54) is 0 Å². The van der Waals surface area contributed by atoms with Gasteiger partial charge in [-0.3, -0.25) is 5.10 Å². The molecule has 1 aliphatic rings. The van der Waals surface area contributed by atoms with Crippen molar-refractivity contribution in [3.05, 3.63) is 35.7 Å². The first kappa shape index (κ1) is 16.4. The summed E-state index contributed by atoms with van der Waals surface area (Å²) in [5, 5.41) is 22.8. The Hall–Kier alpha value is -2.41. The summed E-state index contributed by atoms with van der Waals surface area (Å²) in [4.78, 5) is 16.2. The highest BCUT2D eigenvalue weighted by Gasteiger charge is 2.31. The van der Waals surface area contributed by atoms with E-state index in [0.717, 1.165) is 42.6 Å². The first-order valence-electron chi connectivity index (χ1n) is 8.26. The maximum Gasteiger partial charge on any atom is 0.315 e. The number of aliphatic hydroxyl groups is 1. The number of carbonyl (C=O) groups is 1. The van der Waals surface area contributed by atoms with Crippen molar-refractivity contribution in [3.8, 4) is 11.4 Å². The van der Waals surface area contributed by atoms with Gasteiger partial charge in [0.1, 0.15) is 5.82 Å². The van der Waals surface area contributed by atoms with Crippen LogP contribution < -0.4 is 10.6 Å². The summed E-state index contributed by atoms with van der Waals surface area (Å²) in [5.74, 6) is 1.40. The highest BCUT2D eigenvalue weighted by Crippen LogP contribution is 2.28. The first-order chi connectivity index (χ1) is 11.5. The third-order valence-electron chi connectivity index (χ3n) is 4.35. The lowest BCUT2D eigenvalue weighted by Gasteiger charge is -2.22. The van der Waals surface area contributed by atoms with Crippen LogP contribution >= 0.6 is 0 Å². The Labute approximate surface area is 140 Å². The molecule has 7 heteroatoms. The number of hydrogen-bond donors (Lipinski definition) is 4. The lowest BCUT2D eigenvalue weighted by Crippen LogP contribution is -2.44. The largest absolute Gasteiger partial charge is 0.388 e. The lowest BCUT2D eigenvalue weighted by atomic mass is 10.0. The zero-order valence-corrected chi connectivity index (χ0v) is 13.8. The third kappa shape index (κ3) is 4.11. The summed E-state index contributed by atoms with van der Waals surface area (Å²) in [6.45, 7) is 2.56. The van der Waals surface area contributed by atoms with E-state index in [2.05, 4.69) is 25.8 Å². The van der Waals surface area contributed by atoms with Gasteiger partial charge in [0.15, 0.2) is 5.82 Å². The monoisotopic (exact) mass is 329 g/mol. The number of nitrogens with zero attached hydrogens (tertiary/aromatic N) is 2. The SMILES string of the molecule is Cc1nc(-c2cccc(CNC(=O)NCC3(O)CCCC3)c2)n[nH]1. The summed E-state index contributed by atoms with van der Waals surface area (Å²) < 4.78 is 0. The fourth-order valence-electron chi connectivity index (χ4n) is 2.99. The number of hydrogen-bond acceptors (Lipinski definition) is 4. The maximum atomic E-state index is 11.9. The number of benzene rings is 1. The molecule has 0 atom stereocenters. The Morgan fingerprint density at radius 2 is 2.12 bits per heavy atom. The van der Waals surface area contributed by atoms with Crippen molar-refractivity contribution in [2.75, 3.05) is 6.54 Å². The fourth-order valence-corrected chi connectivity index (χ4v) is 2.99. The Morgan fingerprint density at radius 3 is 2.83 bits per heavy atom. The van der Waals surface area contributed by atoms with Crippen LogP contribution in [0.3, 0.4) is 0 Å². The molecule has 4 N–H and O–H groups in total. The minimum atomic E-state index is -0.735. The molecule has 2 aromatic rings. The van der Waals surface area contributed by atoms with Crippen LogP contribution in [0.5, 0.6) is 0 Å². The average Bonchev–Trinajstić information content (AvgIpc) is 3.21. The van der Waals surface area contributed by atoms with Crippen molar-refractivity contribution >= 4 is 6.03 Å². The van der Waals surface area contributed by atoms with Crippen molar-refractivity contribution in [3.63, 3.8) is 0 Å². The van der Waals surface area contributed by atoms with Gasteiger partial charge in [-0.15, -0.1) is 0 Å². The van der Waals surface area contributed by atoms with Gasteiger partial charge in [0, 0.05) is 18.7 Å². The molecule has 0 aliphatic heterocycles. The summed E-state index contributed by atoms with van der Waals surface area (Å²) in [6, 6.07) is 7.47. The zero-order valence-electron chi connectivity index (χ0n) is 13.8. The van der Waals surface area contributed by atoms with Crippen molar-refractivity contribution in [1.82, 2.24) is 25.8 Å². The summed E-state index contributed by atoms with van der Waals surface area (Å²) in [7, 11) is 0. The van der Waals surface area contributed by atoms with E-state index in [1.807, 2.05) is 31.2 Å². The Kier molecular flexibility index (Phi) is 4.80. The van der Waals surface area contributed by atoms with Crippen molar-refractivity contribution in [2.24, 2.45) is 0 Å². The second kappa shape index (κ2) is 7.00. The number of carbonyl (C=O) groups excluding carboxylic acids is 1. The minimum Gasteiger partial charge on any atom is -0.388 e. The van der Waals surface area contributed by atoms with Gasteiger partial charge in [-0.2, -0.15) is 5.10 Å². The molecule has 0 bridgehead atoms. The topological polar surface area (TPSA) is 103 Å². The number of aromatic nitrogens is 3. The van der Waals surface area contributed by atoms with Gasteiger partial charge >= 0.3 is 6.03 Å². The second-order valence-electron chi connectivity index (χ2n) is 6.41. The van der Waals surface area contributed by atoms with Gasteiger partial charge in [-0.25, -0.2) is 9.78 Å². The van der Waals surface area contributed by atoms with E-state index < -0.39 is 5.60 Å². The molecule has 1 aromatic heterocycles. The van der Waals surface area contributed by atoms with Gasteiger partial charge in [-0.05, 0) is 31.4 Å². The molecule has 7 nitrogen and oxygen atoms in total. The fraction of sp³-hybridized carbons (Fsp3) is 0.471. The van der Waals surface area contributed by atoms with Gasteiger partial charge < -0.3 is 15.7 Å². The molecule has 1 saturated carbocycles. The number of H-pyrrole nitrogens is 1. The van der Waals surface area contributed by atoms with E-state index in [1.54, 1.807) is 0 Å². The predicted octanol–water partition coefficient (Wildman–Crippen LogP) is 1.88. The van der Waals surface area contributed by atoms with E-state index in [9.17, 15) is 9.90 Å². The number of nitrogens with one attached hydrogen (secondary N) is 3. The molecule has 0 radical (unpaired) electrons. The number of aryl methyl sites for hydroxylation is 1. The van der Waals surface area contributed by atoms with E-state index in [4.69, 9.17) is 0 Å². The molecule has 0 spiro atoms. The minimum absolute atomic E-state index is 0.269. The van der Waals surface area contributed by atoms with Crippen LogP contribution in [0, 0.1) is 6.92 Å². The molecule has 0 unspecified atom stereocenters. The predicted molar refractivity (Wildman–Crippen MR) is 90.2 cm³/mol. The zero-order chi connectivity index (χ0) is 17.0. The molecule has 1 heterocycles. The number of rotatable bonds is 5. The Balaban J connectivity index is 1.52. The number of aromatic amines is 1. The molecule has 24 heavy (non-hydrogen) atoms. The molecule has 1 aliphatic carbocycles. The molecule has 1 fully saturated rings. The molecular formula is C17H23N5O2. The van der Waals surface area contributed by atoms with Gasteiger partial charge in [0.2, 0.25) is 0 Å². The van der Waals surface area contributed by atoms with Crippen molar-refractivity contribution in [1.29, 1.82) is 0 Å². The first-order valence-corrected chi connectivity index (χ1v) is 8.26. The van der Waals surface area contributed by atoms with Crippen LogP contribution in [-0.4, -0.2) is 38.5 Å². The van der Waals surface area contributed by atoms with Gasteiger partial charge in [0.05, 0.1) is 5.60 Å². The van der Waals surface area contributed by atoms with E-state index >= 15 is 0 Å². The Morgan fingerprint density at radius 1 is 1.33 bits per heavy atom. The smallest absolute Gasteiger partial charge is 0.315 e. The summed E-state index contributed by atoms with van der Waals surface area (Å²) in [6.07, 6.45) is 3.55. The number of amides is 2. The van der Waals surface area contributed by atoms with Crippen molar-refractivity contribution < 1.29 is 9.90 Å². The summed E-state index contributed by atoms with van der Waals surface area (Å²) >= 11 is 0. The van der Waals surface area contributed by atoms with Crippen LogP contribution in [0.15, 0.2) is 24.3 Å². The maximum absolute atomic E-state index is 11.9. The van der Waals surface area contributed by atoms with Crippen LogP contribution in [-0.2, 0) is 6.54 Å². The highest BCUT2D eigenvalue weighted by atomic mass is 16.3. The summed E-state index contributed by atoms with van der Waals surface area (Å²) in [5.41, 5.74) is 1.13. The Bertz CT molecular complexity index is 707. The van der Waals surface area contributed by atoms with Crippen LogP contribution in [0.4, 0.5) is 4.79 Å². The van der Waals surface area contributed by atoms with Gasteiger partial charge in [-0.1, -0.05) is 31.0 Å². The second-order valence-corrected chi connectivity index (χ2v) is 6.41. The lowest BCUT2D eigenvalue weighted by molar-refractivity contribution is 0.0501. The van der Waals surface area contributed by atoms with Crippen LogP contribution in [0.2, 0.25) is 0 Å². The molecule has 3 rings (SSSR count). The standard InChI is InChI=1S/C17H23N5O2/c1-12-20-15(22-21-12)14-6-4-5-13(9-14)10-18-16(23)19-11-17(24)7-2-3-8-17/h4-6,9,24H,2-3,7-8,10-11H2,1H3,(H2,18,19,23)(H,20,21,22). The van der Waals surface area contributed by atoms with E-state index in [-0.39, 0.29) is 6.03 Å². The molecular weight excluding hydrogens is 306 g/mol. The van der Waals surface area contributed by atoms with Crippen LogP contribution in [0.25, 0.3) is 11.4 Å². The van der Waals surface area contributed by atoms with Crippen LogP contribution in [0.1, 0.15) is 37.1 Å². The number of urea groups is 1. The highest BCUT2D eigenvalue weighted by molar-refractivity contribution is 5.74. The third-order valence-corrected chi connectivity index (χ3v) is 4.35. The molecule has 1 aromatic carbocycles. The molecule has 0 saturated heterocycles. The normalized spacial score (nSPS) is 16.1. The van der Waals surface area contributed by atoms with Crippen molar-refractivity contribution in [2.45, 2.75) is 44.8 Å². The van der Waals surface area contributed by atoms with E-state index in [0.29, 0.717) is 18.9 Å². The molecule has 128 valence electrons. The molecule has 2 amide bonds. The quantitative estimate of drug-likeness (QED) is 0.672. The average molecular weight is 329 g/mol. The van der Waals surface area contributed by atoms with Gasteiger partial charge in [0.25, 0.3) is 0 Å².